The third kappa shape index (κ3) is 3.98. The molecule has 120 valence electrons. The molecule has 1 aliphatic heterocycles. The summed E-state index contributed by atoms with van der Waals surface area (Å²) in [6, 6.07) is 7.47. The van der Waals surface area contributed by atoms with Gasteiger partial charge in [-0.25, -0.2) is 4.79 Å². The summed E-state index contributed by atoms with van der Waals surface area (Å²) >= 11 is 3.83. The number of aliphatic carboxylic acids is 1. The van der Waals surface area contributed by atoms with Crippen molar-refractivity contribution in [3.63, 3.8) is 0 Å². The second kappa shape index (κ2) is 7.42. The van der Waals surface area contributed by atoms with Crippen molar-refractivity contribution in [2.75, 3.05) is 11.5 Å². The van der Waals surface area contributed by atoms with Gasteiger partial charge in [0.15, 0.2) is 0 Å². The number of rotatable bonds is 6. The number of thioether (sulfide) groups is 2. The Morgan fingerprint density at radius 2 is 1.86 bits per heavy atom. The quantitative estimate of drug-likeness (QED) is 0.830. The molecule has 1 unspecified atom stereocenters. The molecular formula is C16H21NO3S2. The van der Waals surface area contributed by atoms with E-state index in [1.807, 2.05) is 42.6 Å². The number of amides is 1. The lowest BCUT2D eigenvalue weighted by Gasteiger charge is -2.25. The predicted octanol–water partition coefficient (Wildman–Crippen LogP) is 3.54. The van der Waals surface area contributed by atoms with Crippen LogP contribution >= 0.6 is 23.5 Å². The Morgan fingerprint density at radius 3 is 2.36 bits per heavy atom. The van der Waals surface area contributed by atoms with Gasteiger partial charge in [0.25, 0.3) is 5.91 Å². The van der Waals surface area contributed by atoms with Crippen molar-refractivity contribution in [3.8, 4) is 0 Å². The normalized spacial score (nSPS) is 17.9. The molecule has 2 rings (SSSR count). The maximum atomic E-state index is 12.3. The highest BCUT2D eigenvalue weighted by atomic mass is 32.2. The molecule has 0 bridgehead atoms. The van der Waals surface area contributed by atoms with E-state index in [2.05, 4.69) is 5.32 Å². The standard InChI is InChI=1S/C16H21NO3S2/c1-3-8-16(2,15(19)20)17-13(18)11-4-6-12(7-5-11)14-21-9-10-22-14/h4-7,14H,3,8-10H2,1-2H3,(H,17,18)(H,19,20). The molecule has 1 saturated heterocycles. The van der Waals surface area contributed by atoms with Gasteiger partial charge in [0.2, 0.25) is 0 Å². The van der Waals surface area contributed by atoms with Crippen LogP contribution in [0.15, 0.2) is 24.3 Å². The molecule has 1 aromatic rings. The lowest BCUT2D eigenvalue weighted by atomic mass is 9.95. The van der Waals surface area contributed by atoms with Crippen LogP contribution < -0.4 is 5.32 Å². The summed E-state index contributed by atoms with van der Waals surface area (Å²) in [4.78, 5) is 23.7. The Bertz CT molecular complexity index is 541. The minimum atomic E-state index is -1.22. The van der Waals surface area contributed by atoms with Crippen LogP contribution in [0.4, 0.5) is 0 Å². The first-order chi connectivity index (χ1) is 10.5. The first kappa shape index (κ1) is 17.2. The Balaban J connectivity index is 2.07. The highest BCUT2D eigenvalue weighted by Gasteiger charge is 2.34. The van der Waals surface area contributed by atoms with E-state index in [0.29, 0.717) is 23.0 Å². The second-order valence-corrected chi connectivity index (χ2v) is 8.26. The summed E-state index contributed by atoms with van der Waals surface area (Å²) in [6.45, 7) is 3.45. The van der Waals surface area contributed by atoms with Gasteiger partial charge in [0.1, 0.15) is 5.54 Å². The summed E-state index contributed by atoms with van der Waals surface area (Å²) in [6.07, 6.45) is 1.10. The molecule has 0 radical (unpaired) electrons. The minimum Gasteiger partial charge on any atom is -0.480 e. The molecule has 0 aromatic heterocycles. The molecule has 1 aromatic carbocycles. The lowest BCUT2D eigenvalue weighted by molar-refractivity contribution is -0.144. The van der Waals surface area contributed by atoms with Gasteiger partial charge in [-0.05, 0) is 31.0 Å². The fourth-order valence-corrected chi connectivity index (χ4v) is 5.25. The molecular weight excluding hydrogens is 318 g/mol. The van der Waals surface area contributed by atoms with E-state index in [9.17, 15) is 14.7 Å². The van der Waals surface area contributed by atoms with Crippen molar-refractivity contribution in [1.82, 2.24) is 5.32 Å². The number of carbonyl (C=O) groups excluding carboxylic acids is 1. The van der Waals surface area contributed by atoms with Crippen LogP contribution in [0.2, 0.25) is 0 Å². The second-order valence-electron chi connectivity index (χ2n) is 5.54. The van der Waals surface area contributed by atoms with E-state index >= 15 is 0 Å². The molecule has 1 atom stereocenters. The zero-order chi connectivity index (χ0) is 16.2. The van der Waals surface area contributed by atoms with Crippen LogP contribution in [-0.4, -0.2) is 34.0 Å². The van der Waals surface area contributed by atoms with Crippen LogP contribution in [0.1, 0.15) is 47.2 Å². The summed E-state index contributed by atoms with van der Waals surface area (Å²) in [5.41, 5.74) is 0.487. The van der Waals surface area contributed by atoms with Gasteiger partial charge in [-0.2, -0.15) is 0 Å². The maximum absolute atomic E-state index is 12.3. The molecule has 0 spiro atoms. The summed E-state index contributed by atoms with van der Waals surface area (Å²) in [5, 5.41) is 12.0. The van der Waals surface area contributed by atoms with Crippen LogP contribution in [0, 0.1) is 0 Å². The monoisotopic (exact) mass is 339 g/mol. The van der Waals surface area contributed by atoms with Crippen molar-refractivity contribution in [3.05, 3.63) is 35.4 Å². The summed E-state index contributed by atoms with van der Waals surface area (Å²) in [7, 11) is 0. The van der Waals surface area contributed by atoms with E-state index in [4.69, 9.17) is 0 Å². The molecule has 6 heteroatoms. The fraction of sp³-hybridized carbons (Fsp3) is 0.500. The van der Waals surface area contributed by atoms with E-state index < -0.39 is 11.5 Å². The first-order valence-electron chi connectivity index (χ1n) is 7.35. The van der Waals surface area contributed by atoms with Crippen LogP contribution in [0.5, 0.6) is 0 Å². The number of carboxylic acid groups (broad SMARTS) is 1. The Labute approximate surface area is 139 Å². The highest BCUT2D eigenvalue weighted by molar-refractivity contribution is 8.19. The van der Waals surface area contributed by atoms with Crippen molar-refractivity contribution < 1.29 is 14.7 Å². The molecule has 1 aliphatic rings. The van der Waals surface area contributed by atoms with Crippen molar-refractivity contribution >= 4 is 35.4 Å². The van der Waals surface area contributed by atoms with E-state index in [1.165, 1.54) is 5.56 Å². The Kier molecular flexibility index (Phi) is 5.81. The minimum absolute atomic E-state index is 0.336. The molecule has 0 saturated carbocycles. The van der Waals surface area contributed by atoms with Crippen molar-refractivity contribution in [2.45, 2.75) is 36.8 Å². The van der Waals surface area contributed by atoms with Crippen LogP contribution in [0.3, 0.4) is 0 Å². The summed E-state index contributed by atoms with van der Waals surface area (Å²) < 4.78 is 0.446. The number of nitrogens with one attached hydrogen (secondary N) is 1. The average molecular weight is 339 g/mol. The van der Waals surface area contributed by atoms with Crippen LogP contribution in [0.25, 0.3) is 0 Å². The predicted molar refractivity (Wildman–Crippen MR) is 92.5 cm³/mol. The first-order valence-corrected chi connectivity index (χ1v) is 9.45. The maximum Gasteiger partial charge on any atom is 0.329 e. The van der Waals surface area contributed by atoms with Gasteiger partial charge in [0.05, 0.1) is 4.58 Å². The van der Waals surface area contributed by atoms with Gasteiger partial charge in [-0.15, -0.1) is 23.5 Å². The van der Waals surface area contributed by atoms with E-state index in [1.54, 1.807) is 19.1 Å². The van der Waals surface area contributed by atoms with E-state index in [0.717, 1.165) is 11.5 Å². The van der Waals surface area contributed by atoms with Gasteiger partial charge >= 0.3 is 5.97 Å². The SMILES string of the molecule is CCCC(C)(NC(=O)c1ccc(C2SCCS2)cc1)C(=O)O. The number of benzene rings is 1. The van der Waals surface area contributed by atoms with E-state index in [-0.39, 0.29) is 5.91 Å². The van der Waals surface area contributed by atoms with Crippen molar-refractivity contribution in [1.29, 1.82) is 0 Å². The molecule has 1 amide bonds. The zero-order valence-electron chi connectivity index (χ0n) is 12.8. The van der Waals surface area contributed by atoms with Gasteiger partial charge in [-0.1, -0.05) is 25.5 Å². The number of hydrogen-bond donors (Lipinski definition) is 2. The number of hydrogen-bond acceptors (Lipinski definition) is 4. The van der Waals surface area contributed by atoms with Gasteiger partial charge < -0.3 is 10.4 Å². The van der Waals surface area contributed by atoms with Crippen LogP contribution in [-0.2, 0) is 4.79 Å². The third-order valence-electron chi connectivity index (χ3n) is 3.68. The molecule has 1 fully saturated rings. The highest BCUT2D eigenvalue weighted by Crippen LogP contribution is 2.45. The van der Waals surface area contributed by atoms with Crippen molar-refractivity contribution in [2.24, 2.45) is 0 Å². The molecule has 2 N–H and O–H groups in total. The number of carboxylic acids is 1. The fourth-order valence-electron chi connectivity index (χ4n) is 2.39. The molecule has 22 heavy (non-hydrogen) atoms. The molecule has 1 heterocycles. The largest absolute Gasteiger partial charge is 0.480 e. The average Bonchev–Trinajstić information content (AvgIpc) is 3.01. The smallest absolute Gasteiger partial charge is 0.329 e. The molecule has 4 nitrogen and oxygen atoms in total. The Hall–Kier alpha value is -1.14. The summed E-state index contributed by atoms with van der Waals surface area (Å²) in [5.74, 6) is 0.978. The van der Waals surface area contributed by atoms with Gasteiger partial charge in [0, 0.05) is 17.1 Å². The number of carbonyl (C=O) groups is 2. The Morgan fingerprint density at radius 1 is 1.27 bits per heavy atom. The van der Waals surface area contributed by atoms with Gasteiger partial charge in [-0.3, -0.25) is 4.79 Å². The topological polar surface area (TPSA) is 66.4 Å². The molecule has 0 aliphatic carbocycles. The zero-order valence-corrected chi connectivity index (χ0v) is 14.4. The third-order valence-corrected chi connectivity index (χ3v) is 6.78. The lowest BCUT2D eigenvalue weighted by Crippen LogP contribution is -2.52.